The zero-order valence-electron chi connectivity index (χ0n) is 12.1. The standard InChI is InChI=1S/C14H22N2O3S/c1-10(2)5-4-8-16-14(17)13-7-6-12(9-11(13)3)20(15,18)19/h6-7,9-10H,4-5,8H2,1-3H3,(H,16,17)(H2,15,18,19). The van der Waals surface area contributed by atoms with Crippen LogP contribution >= 0.6 is 0 Å². The first-order valence-corrected chi connectivity index (χ1v) is 8.18. The quantitative estimate of drug-likeness (QED) is 0.785. The lowest BCUT2D eigenvalue weighted by molar-refractivity contribution is 0.0952. The monoisotopic (exact) mass is 298 g/mol. The summed E-state index contributed by atoms with van der Waals surface area (Å²) in [6.07, 6.45) is 1.99. The molecule has 5 nitrogen and oxygen atoms in total. The van der Waals surface area contributed by atoms with Gasteiger partial charge in [0, 0.05) is 12.1 Å². The van der Waals surface area contributed by atoms with E-state index in [2.05, 4.69) is 19.2 Å². The van der Waals surface area contributed by atoms with Crippen LogP contribution in [0.15, 0.2) is 23.1 Å². The fraction of sp³-hybridized carbons (Fsp3) is 0.500. The molecule has 0 spiro atoms. The molecule has 0 unspecified atom stereocenters. The molecule has 6 heteroatoms. The van der Waals surface area contributed by atoms with Crippen LogP contribution in [0.4, 0.5) is 0 Å². The molecular formula is C14H22N2O3S. The van der Waals surface area contributed by atoms with Crippen LogP contribution in [0.2, 0.25) is 0 Å². The van der Waals surface area contributed by atoms with Crippen molar-refractivity contribution in [1.82, 2.24) is 5.32 Å². The van der Waals surface area contributed by atoms with Gasteiger partial charge in [-0.05, 0) is 49.4 Å². The highest BCUT2D eigenvalue weighted by Crippen LogP contribution is 2.14. The topological polar surface area (TPSA) is 89.3 Å². The fourth-order valence-corrected chi connectivity index (χ4v) is 2.47. The molecule has 0 aliphatic heterocycles. The Morgan fingerprint density at radius 2 is 2.00 bits per heavy atom. The summed E-state index contributed by atoms with van der Waals surface area (Å²) >= 11 is 0. The molecular weight excluding hydrogens is 276 g/mol. The molecule has 0 aliphatic carbocycles. The molecule has 0 aliphatic rings. The van der Waals surface area contributed by atoms with E-state index in [1.165, 1.54) is 18.2 Å². The molecule has 3 N–H and O–H groups in total. The lowest BCUT2D eigenvalue weighted by Gasteiger charge is -2.09. The Morgan fingerprint density at radius 3 is 2.50 bits per heavy atom. The number of primary sulfonamides is 1. The minimum absolute atomic E-state index is 0.0198. The van der Waals surface area contributed by atoms with E-state index < -0.39 is 10.0 Å². The van der Waals surface area contributed by atoms with Crippen molar-refractivity contribution in [2.75, 3.05) is 6.54 Å². The van der Waals surface area contributed by atoms with Crippen LogP contribution in [0.1, 0.15) is 42.6 Å². The second-order valence-electron chi connectivity index (χ2n) is 5.31. The van der Waals surface area contributed by atoms with E-state index in [0.717, 1.165) is 12.8 Å². The third kappa shape index (κ3) is 4.94. The molecule has 0 saturated heterocycles. The average Bonchev–Trinajstić information content (AvgIpc) is 2.32. The normalized spacial score (nSPS) is 11.7. The highest BCUT2D eigenvalue weighted by molar-refractivity contribution is 7.89. The van der Waals surface area contributed by atoms with Crippen LogP contribution in [-0.2, 0) is 10.0 Å². The minimum Gasteiger partial charge on any atom is -0.352 e. The molecule has 0 radical (unpaired) electrons. The summed E-state index contributed by atoms with van der Waals surface area (Å²) in [5, 5.41) is 7.88. The highest BCUT2D eigenvalue weighted by atomic mass is 32.2. The number of carbonyl (C=O) groups excluding carboxylic acids is 1. The molecule has 1 amide bonds. The van der Waals surface area contributed by atoms with Gasteiger partial charge < -0.3 is 5.32 Å². The third-order valence-corrected chi connectivity index (χ3v) is 3.93. The van der Waals surface area contributed by atoms with E-state index in [1.54, 1.807) is 6.92 Å². The Balaban J connectivity index is 2.70. The van der Waals surface area contributed by atoms with Crippen molar-refractivity contribution in [3.8, 4) is 0 Å². The van der Waals surface area contributed by atoms with E-state index in [4.69, 9.17) is 5.14 Å². The van der Waals surface area contributed by atoms with Crippen LogP contribution < -0.4 is 10.5 Å². The number of hydrogen-bond acceptors (Lipinski definition) is 3. The molecule has 112 valence electrons. The van der Waals surface area contributed by atoms with Crippen LogP contribution in [-0.4, -0.2) is 20.9 Å². The molecule has 0 atom stereocenters. The number of amides is 1. The second kappa shape index (κ2) is 6.85. The molecule has 1 aromatic rings. The smallest absolute Gasteiger partial charge is 0.251 e. The molecule has 1 aromatic carbocycles. The lowest BCUT2D eigenvalue weighted by Crippen LogP contribution is -2.25. The molecule has 0 fully saturated rings. The van der Waals surface area contributed by atoms with E-state index in [9.17, 15) is 13.2 Å². The summed E-state index contributed by atoms with van der Waals surface area (Å²) in [7, 11) is -3.73. The molecule has 0 bridgehead atoms. The first-order valence-electron chi connectivity index (χ1n) is 6.63. The van der Waals surface area contributed by atoms with Crippen LogP contribution in [0.25, 0.3) is 0 Å². The first kappa shape index (κ1) is 16.7. The summed E-state index contributed by atoms with van der Waals surface area (Å²) < 4.78 is 22.4. The predicted molar refractivity (Wildman–Crippen MR) is 79.0 cm³/mol. The van der Waals surface area contributed by atoms with Gasteiger partial charge in [-0.3, -0.25) is 4.79 Å². The van der Waals surface area contributed by atoms with Crippen LogP contribution in [0.3, 0.4) is 0 Å². The first-order chi connectivity index (χ1) is 9.21. The van der Waals surface area contributed by atoms with Gasteiger partial charge in [-0.1, -0.05) is 13.8 Å². The Morgan fingerprint density at radius 1 is 1.35 bits per heavy atom. The summed E-state index contributed by atoms with van der Waals surface area (Å²) in [4.78, 5) is 12.0. The molecule has 20 heavy (non-hydrogen) atoms. The highest BCUT2D eigenvalue weighted by Gasteiger charge is 2.13. The zero-order valence-corrected chi connectivity index (χ0v) is 13.0. The van der Waals surface area contributed by atoms with Crippen molar-refractivity contribution in [3.63, 3.8) is 0 Å². The third-order valence-electron chi connectivity index (χ3n) is 3.01. The number of nitrogens with two attached hydrogens (primary N) is 1. The van der Waals surface area contributed by atoms with Gasteiger partial charge in [0.05, 0.1) is 4.90 Å². The Labute approximate surface area is 120 Å². The average molecular weight is 298 g/mol. The maximum atomic E-state index is 12.0. The van der Waals surface area contributed by atoms with Gasteiger partial charge in [-0.25, -0.2) is 13.6 Å². The van der Waals surface area contributed by atoms with Gasteiger partial charge in [0.25, 0.3) is 5.91 Å². The van der Waals surface area contributed by atoms with Gasteiger partial charge >= 0.3 is 0 Å². The lowest BCUT2D eigenvalue weighted by atomic mass is 10.1. The van der Waals surface area contributed by atoms with Gasteiger partial charge in [0.2, 0.25) is 10.0 Å². The minimum atomic E-state index is -3.73. The van der Waals surface area contributed by atoms with E-state index >= 15 is 0 Å². The summed E-state index contributed by atoms with van der Waals surface area (Å²) in [6, 6.07) is 4.26. The van der Waals surface area contributed by atoms with Crippen molar-refractivity contribution < 1.29 is 13.2 Å². The maximum absolute atomic E-state index is 12.0. The summed E-state index contributed by atoms with van der Waals surface area (Å²) in [5.41, 5.74) is 1.07. The fourth-order valence-electron chi connectivity index (χ4n) is 1.88. The SMILES string of the molecule is Cc1cc(S(N)(=O)=O)ccc1C(=O)NCCCC(C)C. The molecule has 0 heterocycles. The van der Waals surface area contributed by atoms with Crippen molar-refractivity contribution in [2.45, 2.75) is 38.5 Å². The van der Waals surface area contributed by atoms with Crippen LogP contribution in [0, 0.1) is 12.8 Å². The molecule has 0 aromatic heterocycles. The largest absolute Gasteiger partial charge is 0.352 e. The Kier molecular flexibility index (Phi) is 5.71. The Bertz CT molecular complexity index is 580. The van der Waals surface area contributed by atoms with Gasteiger partial charge in [0.1, 0.15) is 0 Å². The van der Waals surface area contributed by atoms with Crippen LogP contribution in [0.5, 0.6) is 0 Å². The number of aryl methyl sites for hydroxylation is 1. The number of sulfonamides is 1. The predicted octanol–water partition coefficient (Wildman–Crippen LogP) is 1.81. The van der Waals surface area contributed by atoms with Crippen molar-refractivity contribution >= 4 is 15.9 Å². The number of rotatable bonds is 6. The number of benzene rings is 1. The summed E-state index contributed by atoms with van der Waals surface area (Å²) in [5.74, 6) is 0.426. The van der Waals surface area contributed by atoms with Crippen molar-refractivity contribution in [2.24, 2.45) is 11.1 Å². The zero-order chi connectivity index (χ0) is 15.3. The Hall–Kier alpha value is -1.40. The van der Waals surface area contributed by atoms with Crippen molar-refractivity contribution in [1.29, 1.82) is 0 Å². The summed E-state index contributed by atoms with van der Waals surface area (Å²) in [6.45, 7) is 6.58. The van der Waals surface area contributed by atoms with E-state index in [1.807, 2.05) is 0 Å². The molecule has 1 rings (SSSR count). The van der Waals surface area contributed by atoms with Crippen molar-refractivity contribution in [3.05, 3.63) is 29.3 Å². The van der Waals surface area contributed by atoms with Gasteiger partial charge in [-0.15, -0.1) is 0 Å². The van der Waals surface area contributed by atoms with Gasteiger partial charge in [0.15, 0.2) is 0 Å². The molecule has 0 saturated carbocycles. The number of hydrogen-bond donors (Lipinski definition) is 2. The number of carbonyl (C=O) groups is 1. The van der Waals surface area contributed by atoms with Gasteiger partial charge in [-0.2, -0.15) is 0 Å². The van der Waals surface area contributed by atoms with E-state index in [-0.39, 0.29) is 10.8 Å². The second-order valence-corrected chi connectivity index (χ2v) is 6.88. The maximum Gasteiger partial charge on any atom is 0.251 e. The number of nitrogens with one attached hydrogen (secondary N) is 1. The van der Waals surface area contributed by atoms with E-state index in [0.29, 0.717) is 23.6 Å².